The topological polar surface area (TPSA) is 50.7 Å². The monoisotopic (exact) mass is 410 g/mol. The van der Waals surface area contributed by atoms with Gasteiger partial charge in [-0.1, -0.05) is 60.1 Å². The fourth-order valence-corrected chi connectivity index (χ4v) is 3.47. The molecule has 1 amide bonds. The Hall–Kier alpha value is -2.76. The van der Waals surface area contributed by atoms with Gasteiger partial charge in [0.05, 0.1) is 12.0 Å². The van der Waals surface area contributed by atoms with Gasteiger partial charge in [0.25, 0.3) is 0 Å². The van der Waals surface area contributed by atoms with Crippen molar-refractivity contribution < 1.29 is 9.53 Å². The van der Waals surface area contributed by atoms with Gasteiger partial charge in [0.1, 0.15) is 11.5 Å². The van der Waals surface area contributed by atoms with Gasteiger partial charge in [-0.05, 0) is 41.5 Å². The summed E-state index contributed by atoms with van der Waals surface area (Å²) in [5, 5.41) is 4.73. The fraction of sp³-hybridized carbons (Fsp3) is 0.0909. The molecular formula is C22H19ClN2O2S. The predicted octanol–water partition coefficient (Wildman–Crippen LogP) is 5.52. The number of nitrogens with zero attached hydrogens (tertiary/aromatic N) is 1. The second-order valence-electron chi connectivity index (χ2n) is 5.86. The number of rotatable bonds is 8. The minimum atomic E-state index is -0.162. The smallest absolute Gasteiger partial charge is 0.250 e. The number of benzene rings is 3. The van der Waals surface area contributed by atoms with E-state index in [1.807, 2.05) is 78.9 Å². The van der Waals surface area contributed by atoms with Gasteiger partial charge < -0.3 is 4.74 Å². The van der Waals surface area contributed by atoms with E-state index in [1.54, 1.807) is 6.21 Å². The molecule has 28 heavy (non-hydrogen) atoms. The highest BCUT2D eigenvalue weighted by Gasteiger charge is 2.03. The quantitative estimate of drug-likeness (QED) is 0.393. The van der Waals surface area contributed by atoms with E-state index >= 15 is 0 Å². The van der Waals surface area contributed by atoms with Gasteiger partial charge in [0, 0.05) is 10.8 Å². The van der Waals surface area contributed by atoms with Gasteiger partial charge in [-0.15, -0.1) is 11.8 Å². The lowest BCUT2D eigenvalue weighted by molar-refractivity contribution is -0.118. The summed E-state index contributed by atoms with van der Waals surface area (Å²) in [5.74, 6) is 2.29. The van der Waals surface area contributed by atoms with Crippen LogP contribution in [0.3, 0.4) is 0 Å². The molecule has 0 aliphatic heterocycles. The van der Waals surface area contributed by atoms with Crippen LogP contribution in [0, 0.1) is 0 Å². The number of thioether (sulfide) groups is 1. The summed E-state index contributed by atoms with van der Waals surface area (Å²) in [7, 11) is 0. The third kappa shape index (κ3) is 6.44. The first-order valence-corrected chi connectivity index (χ1v) is 10.2. The predicted molar refractivity (Wildman–Crippen MR) is 116 cm³/mol. The van der Waals surface area contributed by atoms with E-state index < -0.39 is 0 Å². The van der Waals surface area contributed by atoms with Crippen molar-refractivity contribution in [1.82, 2.24) is 5.43 Å². The molecule has 3 aromatic rings. The van der Waals surface area contributed by atoms with Crippen LogP contribution < -0.4 is 10.2 Å². The zero-order chi connectivity index (χ0) is 19.6. The van der Waals surface area contributed by atoms with Gasteiger partial charge >= 0.3 is 0 Å². The lowest BCUT2D eigenvalue weighted by atomic mass is 10.2. The number of carbonyl (C=O) groups excluding carboxylic acids is 1. The molecule has 4 nitrogen and oxygen atoms in total. The SMILES string of the molecule is O=C(CSCc1ccccc1Cl)N/N=C\c1cccc(Oc2ccccc2)c1. The number of carbonyl (C=O) groups is 1. The molecule has 0 aliphatic carbocycles. The van der Waals surface area contributed by atoms with Crippen molar-refractivity contribution in [2.24, 2.45) is 5.10 Å². The van der Waals surface area contributed by atoms with Crippen LogP contribution in [0.4, 0.5) is 0 Å². The summed E-state index contributed by atoms with van der Waals surface area (Å²) in [6.45, 7) is 0. The highest BCUT2D eigenvalue weighted by molar-refractivity contribution is 7.99. The molecular weight excluding hydrogens is 392 g/mol. The van der Waals surface area contributed by atoms with Crippen LogP contribution >= 0.6 is 23.4 Å². The molecule has 6 heteroatoms. The standard InChI is InChI=1S/C22H19ClN2O2S/c23-21-12-5-4-8-18(21)15-28-16-22(26)25-24-14-17-7-6-11-20(13-17)27-19-9-2-1-3-10-19/h1-14H,15-16H2,(H,25,26)/b24-14-. The first-order valence-electron chi connectivity index (χ1n) is 8.67. The van der Waals surface area contributed by atoms with E-state index in [0.717, 1.165) is 16.9 Å². The van der Waals surface area contributed by atoms with E-state index in [2.05, 4.69) is 10.5 Å². The molecule has 142 valence electrons. The molecule has 0 fully saturated rings. The van der Waals surface area contributed by atoms with Crippen molar-refractivity contribution >= 4 is 35.5 Å². The van der Waals surface area contributed by atoms with Gasteiger partial charge in [-0.25, -0.2) is 5.43 Å². The molecule has 1 N–H and O–H groups in total. The minimum Gasteiger partial charge on any atom is -0.457 e. The number of nitrogens with one attached hydrogen (secondary N) is 1. The molecule has 0 bridgehead atoms. The van der Waals surface area contributed by atoms with Crippen LogP contribution in [0.25, 0.3) is 0 Å². The number of ether oxygens (including phenoxy) is 1. The minimum absolute atomic E-state index is 0.162. The van der Waals surface area contributed by atoms with E-state index in [4.69, 9.17) is 16.3 Å². The second-order valence-corrected chi connectivity index (χ2v) is 7.26. The Balaban J connectivity index is 1.45. The number of para-hydroxylation sites is 1. The van der Waals surface area contributed by atoms with Crippen molar-refractivity contribution in [2.45, 2.75) is 5.75 Å². The maximum atomic E-state index is 11.9. The van der Waals surface area contributed by atoms with Crippen molar-refractivity contribution in [1.29, 1.82) is 0 Å². The summed E-state index contributed by atoms with van der Waals surface area (Å²) in [4.78, 5) is 11.9. The Labute approximate surface area is 173 Å². The number of hydrogen-bond acceptors (Lipinski definition) is 4. The van der Waals surface area contributed by atoms with Crippen LogP contribution in [0.15, 0.2) is 84.0 Å². The Bertz CT molecular complexity index is 948. The summed E-state index contributed by atoms with van der Waals surface area (Å²) in [5.41, 5.74) is 4.38. The Morgan fingerprint density at radius 2 is 1.75 bits per heavy atom. The first kappa shape index (κ1) is 20.0. The molecule has 0 saturated carbocycles. The van der Waals surface area contributed by atoms with E-state index in [0.29, 0.717) is 22.3 Å². The molecule has 0 aliphatic rings. The number of hydrazone groups is 1. The van der Waals surface area contributed by atoms with Gasteiger partial charge in [-0.3, -0.25) is 4.79 Å². The number of halogens is 1. The van der Waals surface area contributed by atoms with Gasteiger partial charge in [0.2, 0.25) is 5.91 Å². The maximum absolute atomic E-state index is 11.9. The lowest BCUT2D eigenvalue weighted by Crippen LogP contribution is -2.19. The normalized spacial score (nSPS) is 10.8. The summed E-state index contributed by atoms with van der Waals surface area (Å²) < 4.78 is 5.79. The third-order valence-corrected chi connectivity index (χ3v) is 5.04. The molecule has 0 radical (unpaired) electrons. The zero-order valence-electron chi connectivity index (χ0n) is 15.0. The molecule has 0 saturated heterocycles. The summed E-state index contributed by atoms with van der Waals surface area (Å²) in [6, 6.07) is 24.7. The van der Waals surface area contributed by atoms with Crippen LogP contribution in [-0.4, -0.2) is 17.9 Å². The maximum Gasteiger partial charge on any atom is 0.250 e. The van der Waals surface area contributed by atoms with E-state index in [-0.39, 0.29) is 5.91 Å². The van der Waals surface area contributed by atoms with Crippen LogP contribution in [0.5, 0.6) is 11.5 Å². The Morgan fingerprint density at radius 1 is 1.00 bits per heavy atom. The average molecular weight is 411 g/mol. The summed E-state index contributed by atoms with van der Waals surface area (Å²) >= 11 is 7.60. The van der Waals surface area contributed by atoms with Crippen LogP contribution in [-0.2, 0) is 10.5 Å². The van der Waals surface area contributed by atoms with Crippen LogP contribution in [0.2, 0.25) is 5.02 Å². The highest BCUT2D eigenvalue weighted by Crippen LogP contribution is 2.22. The molecule has 0 unspecified atom stereocenters. The van der Waals surface area contributed by atoms with Gasteiger partial charge in [-0.2, -0.15) is 5.10 Å². The van der Waals surface area contributed by atoms with Crippen molar-refractivity contribution in [2.75, 3.05) is 5.75 Å². The second kappa shape index (κ2) is 10.5. The van der Waals surface area contributed by atoms with Crippen molar-refractivity contribution in [3.63, 3.8) is 0 Å². The molecule has 0 atom stereocenters. The number of hydrogen-bond donors (Lipinski definition) is 1. The first-order chi connectivity index (χ1) is 13.7. The largest absolute Gasteiger partial charge is 0.457 e. The lowest BCUT2D eigenvalue weighted by Gasteiger charge is -2.06. The molecule has 3 rings (SSSR count). The Kier molecular flexibility index (Phi) is 7.53. The molecule has 0 heterocycles. The molecule has 0 spiro atoms. The van der Waals surface area contributed by atoms with Crippen molar-refractivity contribution in [3.8, 4) is 11.5 Å². The number of amides is 1. The average Bonchev–Trinajstić information content (AvgIpc) is 2.71. The van der Waals surface area contributed by atoms with E-state index in [9.17, 15) is 4.79 Å². The van der Waals surface area contributed by atoms with Crippen molar-refractivity contribution in [3.05, 3.63) is 95.0 Å². The highest BCUT2D eigenvalue weighted by atomic mass is 35.5. The third-order valence-electron chi connectivity index (χ3n) is 3.69. The van der Waals surface area contributed by atoms with Crippen LogP contribution in [0.1, 0.15) is 11.1 Å². The van der Waals surface area contributed by atoms with Gasteiger partial charge in [0.15, 0.2) is 0 Å². The molecule has 3 aromatic carbocycles. The fourth-order valence-electron chi connectivity index (χ4n) is 2.36. The zero-order valence-corrected chi connectivity index (χ0v) is 16.6. The summed E-state index contributed by atoms with van der Waals surface area (Å²) in [6.07, 6.45) is 1.59. The molecule has 0 aromatic heterocycles. The Morgan fingerprint density at radius 3 is 2.57 bits per heavy atom. The van der Waals surface area contributed by atoms with E-state index in [1.165, 1.54) is 11.8 Å².